The first kappa shape index (κ1) is 13.3. The average molecular weight is 266 g/mol. The minimum Gasteiger partial charge on any atom is -0.380 e. The molecule has 0 saturated carbocycles. The second-order valence-corrected chi connectivity index (χ2v) is 5.44. The van der Waals surface area contributed by atoms with Crippen LogP contribution in [0.25, 0.3) is 0 Å². The van der Waals surface area contributed by atoms with Gasteiger partial charge in [-0.15, -0.1) is 0 Å². The third kappa shape index (κ3) is 2.37. The van der Waals surface area contributed by atoms with E-state index in [1.54, 1.807) is 0 Å². The number of hydrogen-bond donors (Lipinski definition) is 1. The van der Waals surface area contributed by atoms with Crippen molar-refractivity contribution in [2.24, 2.45) is 5.92 Å². The molecule has 1 radical (unpaired) electrons. The van der Waals surface area contributed by atoms with E-state index in [0.717, 1.165) is 37.1 Å². The lowest BCUT2D eigenvalue weighted by Gasteiger charge is -2.39. The number of piperidine rings is 1. The van der Waals surface area contributed by atoms with Crippen LogP contribution in [0.2, 0.25) is 0 Å². The van der Waals surface area contributed by atoms with Gasteiger partial charge in [-0.3, -0.25) is 0 Å². The van der Waals surface area contributed by atoms with Crippen LogP contribution in [0.1, 0.15) is 24.0 Å². The van der Waals surface area contributed by atoms with E-state index in [9.17, 15) is 5.11 Å². The van der Waals surface area contributed by atoms with E-state index in [-0.39, 0.29) is 5.92 Å². The lowest BCUT2D eigenvalue weighted by Crippen LogP contribution is -2.41. The molecule has 3 rings (SSSR count). The van der Waals surface area contributed by atoms with Crippen LogP contribution in [0.4, 0.5) is 0 Å². The smallest absolute Gasteiger partial charge is 0.117 e. The van der Waals surface area contributed by atoms with Crippen LogP contribution in [-0.2, 0) is 5.60 Å². The fraction of sp³-hybridized carbons (Fsp3) is 0.333. The molecule has 0 unspecified atom stereocenters. The second-order valence-electron chi connectivity index (χ2n) is 5.44. The third-order valence-electron chi connectivity index (χ3n) is 4.29. The molecule has 2 aromatic rings. The summed E-state index contributed by atoms with van der Waals surface area (Å²) in [5.41, 5.74) is 1.06. The molecule has 103 valence electrons. The van der Waals surface area contributed by atoms with Gasteiger partial charge in [-0.1, -0.05) is 60.7 Å². The van der Waals surface area contributed by atoms with Crippen molar-refractivity contribution in [3.8, 4) is 0 Å². The van der Waals surface area contributed by atoms with Gasteiger partial charge in [0.1, 0.15) is 5.60 Å². The number of aliphatic hydroxyl groups is 1. The van der Waals surface area contributed by atoms with Gasteiger partial charge in [0, 0.05) is 13.1 Å². The second kappa shape index (κ2) is 5.78. The molecule has 1 N–H and O–H groups in total. The van der Waals surface area contributed by atoms with Crippen LogP contribution in [0.15, 0.2) is 60.7 Å². The molecule has 0 amide bonds. The van der Waals surface area contributed by atoms with E-state index in [0.29, 0.717) is 0 Å². The Morgan fingerprint density at radius 1 is 0.800 bits per heavy atom. The predicted molar refractivity (Wildman–Crippen MR) is 80.5 cm³/mol. The Kier molecular flexibility index (Phi) is 3.86. The molecule has 1 aliphatic heterocycles. The molecule has 1 fully saturated rings. The van der Waals surface area contributed by atoms with E-state index >= 15 is 0 Å². The van der Waals surface area contributed by atoms with Crippen LogP contribution >= 0.6 is 0 Å². The molecule has 0 aromatic heterocycles. The molecule has 2 nitrogen and oxygen atoms in total. The van der Waals surface area contributed by atoms with Crippen molar-refractivity contribution < 1.29 is 5.11 Å². The Balaban J connectivity index is 2.07. The zero-order valence-electron chi connectivity index (χ0n) is 11.6. The molecule has 1 heterocycles. The normalized spacial score (nSPS) is 17.1. The Morgan fingerprint density at radius 2 is 1.25 bits per heavy atom. The van der Waals surface area contributed by atoms with E-state index in [1.807, 2.05) is 60.7 Å². The Bertz CT molecular complexity index is 492. The molecule has 0 spiro atoms. The zero-order valence-corrected chi connectivity index (χ0v) is 11.6. The van der Waals surface area contributed by atoms with Crippen molar-refractivity contribution >= 4 is 0 Å². The molecule has 2 aromatic carbocycles. The standard InChI is InChI=1S/C18H20NO/c20-18(15-7-3-1-4-8-15,16-9-5-2-6-10-16)17-11-13-19-14-12-17/h1-10,17,20H,11-14H2. The Hall–Kier alpha value is -1.64. The van der Waals surface area contributed by atoms with Crippen LogP contribution in [-0.4, -0.2) is 18.2 Å². The zero-order chi connectivity index (χ0) is 13.8. The van der Waals surface area contributed by atoms with Crippen LogP contribution in [0, 0.1) is 5.92 Å². The highest BCUT2D eigenvalue weighted by atomic mass is 16.3. The maximum atomic E-state index is 11.5. The summed E-state index contributed by atoms with van der Waals surface area (Å²) >= 11 is 0. The third-order valence-corrected chi connectivity index (χ3v) is 4.29. The highest BCUT2D eigenvalue weighted by Gasteiger charge is 2.40. The van der Waals surface area contributed by atoms with Crippen LogP contribution in [0.3, 0.4) is 0 Å². The molecule has 20 heavy (non-hydrogen) atoms. The molecule has 1 aliphatic rings. The molecule has 0 atom stereocenters. The molecular formula is C18H20NO. The number of benzene rings is 2. The lowest BCUT2D eigenvalue weighted by atomic mass is 9.72. The SMILES string of the molecule is OC(c1ccccc1)(c1ccccc1)C1CC[N]CC1. The van der Waals surface area contributed by atoms with E-state index in [2.05, 4.69) is 5.32 Å². The quantitative estimate of drug-likeness (QED) is 0.910. The van der Waals surface area contributed by atoms with E-state index in [1.165, 1.54) is 0 Å². The fourth-order valence-electron chi connectivity index (χ4n) is 3.19. The molecular weight excluding hydrogens is 246 g/mol. The summed E-state index contributed by atoms with van der Waals surface area (Å²) in [5.74, 6) is 0.227. The van der Waals surface area contributed by atoms with Crippen molar-refractivity contribution in [1.29, 1.82) is 0 Å². The Morgan fingerprint density at radius 3 is 1.70 bits per heavy atom. The summed E-state index contributed by atoms with van der Waals surface area (Å²) in [6.07, 6.45) is 1.89. The van der Waals surface area contributed by atoms with Gasteiger partial charge >= 0.3 is 0 Å². The van der Waals surface area contributed by atoms with Gasteiger partial charge in [0.05, 0.1) is 0 Å². The molecule has 2 heteroatoms. The van der Waals surface area contributed by atoms with Gasteiger partial charge < -0.3 is 5.11 Å². The van der Waals surface area contributed by atoms with E-state index < -0.39 is 5.60 Å². The molecule has 0 aliphatic carbocycles. The van der Waals surface area contributed by atoms with Crippen molar-refractivity contribution in [3.05, 3.63) is 71.8 Å². The maximum absolute atomic E-state index is 11.5. The number of hydrogen-bond acceptors (Lipinski definition) is 1. The first-order valence-electron chi connectivity index (χ1n) is 7.28. The minimum atomic E-state index is -0.904. The summed E-state index contributed by atoms with van der Waals surface area (Å²) in [5, 5.41) is 16.0. The highest BCUT2D eigenvalue weighted by Crippen LogP contribution is 2.40. The minimum absolute atomic E-state index is 0.227. The van der Waals surface area contributed by atoms with Crippen molar-refractivity contribution in [2.45, 2.75) is 18.4 Å². The summed E-state index contributed by atoms with van der Waals surface area (Å²) in [6, 6.07) is 20.1. The summed E-state index contributed by atoms with van der Waals surface area (Å²) in [7, 11) is 0. The summed E-state index contributed by atoms with van der Waals surface area (Å²) in [6.45, 7) is 1.71. The Labute approximate surface area is 120 Å². The van der Waals surface area contributed by atoms with Gasteiger partial charge in [0.25, 0.3) is 0 Å². The maximum Gasteiger partial charge on any atom is 0.117 e. The van der Waals surface area contributed by atoms with Gasteiger partial charge in [-0.05, 0) is 29.9 Å². The average Bonchev–Trinajstić information content (AvgIpc) is 2.56. The number of rotatable bonds is 3. The number of nitrogens with zero attached hydrogens (tertiary/aromatic N) is 1. The fourth-order valence-corrected chi connectivity index (χ4v) is 3.19. The summed E-state index contributed by atoms with van der Waals surface area (Å²) in [4.78, 5) is 0. The van der Waals surface area contributed by atoms with Gasteiger partial charge in [0.2, 0.25) is 0 Å². The first-order valence-corrected chi connectivity index (χ1v) is 7.28. The predicted octanol–water partition coefficient (Wildman–Crippen LogP) is 2.94. The van der Waals surface area contributed by atoms with Gasteiger partial charge in [0.15, 0.2) is 0 Å². The monoisotopic (exact) mass is 266 g/mol. The van der Waals surface area contributed by atoms with Crippen LogP contribution in [0.5, 0.6) is 0 Å². The van der Waals surface area contributed by atoms with E-state index in [4.69, 9.17) is 0 Å². The van der Waals surface area contributed by atoms with Gasteiger partial charge in [-0.2, -0.15) is 0 Å². The topological polar surface area (TPSA) is 34.3 Å². The highest BCUT2D eigenvalue weighted by molar-refractivity contribution is 5.37. The largest absolute Gasteiger partial charge is 0.380 e. The lowest BCUT2D eigenvalue weighted by molar-refractivity contribution is 0.00199. The van der Waals surface area contributed by atoms with Crippen molar-refractivity contribution in [1.82, 2.24) is 5.32 Å². The molecule has 0 bridgehead atoms. The van der Waals surface area contributed by atoms with Crippen molar-refractivity contribution in [2.75, 3.05) is 13.1 Å². The van der Waals surface area contributed by atoms with Gasteiger partial charge in [-0.25, -0.2) is 5.32 Å². The van der Waals surface area contributed by atoms with Crippen molar-refractivity contribution in [3.63, 3.8) is 0 Å². The van der Waals surface area contributed by atoms with Crippen LogP contribution < -0.4 is 5.32 Å². The molecule has 1 saturated heterocycles. The first-order chi connectivity index (χ1) is 9.82. The summed E-state index contributed by atoms with van der Waals surface area (Å²) < 4.78 is 0.